The van der Waals surface area contributed by atoms with Gasteiger partial charge in [-0.1, -0.05) is 12.1 Å². The second-order valence-corrected chi connectivity index (χ2v) is 6.55. The van der Waals surface area contributed by atoms with Crippen LogP contribution in [0.3, 0.4) is 0 Å². The minimum Gasteiger partial charge on any atom is -0.357 e. The van der Waals surface area contributed by atoms with Gasteiger partial charge in [-0.3, -0.25) is 4.99 Å². The normalized spacial score (nSPS) is 12.3. The van der Waals surface area contributed by atoms with Gasteiger partial charge >= 0.3 is 0 Å². The van der Waals surface area contributed by atoms with Crippen molar-refractivity contribution in [2.24, 2.45) is 4.99 Å². The molecule has 0 aliphatic rings. The quantitative estimate of drug-likeness (QED) is 0.379. The predicted molar refractivity (Wildman–Crippen MR) is 86.0 cm³/mol. The zero-order chi connectivity index (χ0) is 15.0. The van der Waals surface area contributed by atoms with Crippen molar-refractivity contribution in [2.45, 2.75) is 38.1 Å². The Morgan fingerprint density at radius 2 is 2.00 bits per heavy atom. The molecule has 2 N–H and O–H groups in total. The molecule has 20 heavy (non-hydrogen) atoms. The lowest BCUT2D eigenvalue weighted by Gasteiger charge is -2.23. The molecule has 1 aromatic rings. The van der Waals surface area contributed by atoms with Crippen LogP contribution in [0.5, 0.6) is 0 Å². The van der Waals surface area contributed by atoms with E-state index in [2.05, 4.69) is 36.4 Å². The highest BCUT2D eigenvalue weighted by molar-refractivity contribution is 7.99. The highest BCUT2D eigenvalue weighted by Gasteiger charge is 2.11. The molecule has 0 saturated carbocycles. The zero-order valence-electron chi connectivity index (χ0n) is 12.7. The van der Waals surface area contributed by atoms with Crippen LogP contribution in [0, 0.1) is 5.82 Å². The van der Waals surface area contributed by atoms with E-state index in [9.17, 15) is 4.39 Å². The maximum atomic E-state index is 13.4. The molecule has 0 saturated heterocycles. The van der Waals surface area contributed by atoms with Crippen LogP contribution >= 0.6 is 11.8 Å². The van der Waals surface area contributed by atoms with E-state index in [0.717, 1.165) is 18.3 Å². The summed E-state index contributed by atoms with van der Waals surface area (Å²) in [5.74, 6) is 1.39. The Morgan fingerprint density at radius 1 is 1.30 bits per heavy atom. The lowest BCUT2D eigenvalue weighted by atomic mass is 10.1. The number of nitrogens with zero attached hydrogens (tertiary/aromatic N) is 1. The summed E-state index contributed by atoms with van der Waals surface area (Å²) in [5.41, 5.74) is -0.0281. The average molecular weight is 297 g/mol. The highest BCUT2D eigenvalue weighted by atomic mass is 32.2. The molecule has 0 atom stereocenters. The summed E-state index contributed by atoms with van der Waals surface area (Å²) >= 11 is 1.49. The molecule has 0 aromatic heterocycles. The molecular formula is C15H24FN3S. The van der Waals surface area contributed by atoms with Crippen molar-refractivity contribution in [3.63, 3.8) is 0 Å². The van der Waals surface area contributed by atoms with Gasteiger partial charge in [-0.15, -0.1) is 11.8 Å². The highest BCUT2D eigenvalue weighted by Crippen LogP contribution is 2.20. The molecular weight excluding hydrogens is 273 g/mol. The summed E-state index contributed by atoms with van der Waals surface area (Å²) in [6.45, 7) is 9.77. The molecule has 3 nitrogen and oxygen atoms in total. The van der Waals surface area contributed by atoms with Crippen molar-refractivity contribution >= 4 is 17.7 Å². The first-order valence-electron chi connectivity index (χ1n) is 6.86. The molecule has 0 heterocycles. The van der Waals surface area contributed by atoms with E-state index < -0.39 is 0 Å². The van der Waals surface area contributed by atoms with Gasteiger partial charge in [-0.05, 0) is 39.8 Å². The fourth-order valence-electron chi connectivity index (χ4n) is 1.54. The molecule has 0 unspecified atom stereocenters. The zero-order valence-corrected chi connectivity index (χ0v) is 13.5. The van der Waals surface area contributed by atoms with E-state index in [1.165, 1.54) is 17.8 Å². The van der Waals surface area contributed by atoms with Crippen LogP contribution in [0.2, 0.25) is 0 Å². The number of thioether (sulfide) groups is 1. The number of hydrogen-bond donors (Lipinski definition) is 2. The van der Waals surface area contributed by atoms with Gasteiger partial charge in [0.05, 0.1) is 6.54 Å². The summed E-state index contributed by atoms with van der Waals surface area (Å²) in [5, 5.41) is 6.53. The SMILES string of the molecule is CCNC(=NCCSc1ccccc1F)NC(C)(C)C. The van der Waals surface area contributed by atoms with E-state index in [-0.39, 0.29) is 11.4 Å². The Kier molecular flexibility index (Phi) is 6.85. The van der Waals surface area contributed by atoms with E-state index >= 15 is 0 Å². The third-order valence-corrected chi connectivity index (χ3v) is 3.32. The molecule has 5 heteroatoms. The topological polar surface area (TPSA) is 36.4 Å². The first-order valence-corrected chi connectivity index (χ1v) is 7.85. The van der Waals surface area contributed by atoms with Crippen molar-refractivity contribution in [1.82, 2.24) is 10.6 Å². The van der Waals surface area contributed by atoms with Gasteiger partial charge in [0.2, 0.25) is 0 Å². The summed E-state index contributed by atoms with van der Waals surface area (Å²) in [6, 6.07) is 6.83. The van der Waals surface area contributed by atoms with Gasteiger partial charge < -0.3 is 10.6 Å². The fraction of sp³-hybridized carbons (Fsp3) is 0.533. The van der Waals surface area contributed by atoms with Gasteiger partial charge in [0.15, 0.2) is 5.96 Å². The van der Waals surface area contributed by atoms with Gasteiger partial charge in [0, 0.05) is 22.7 Å². The summed E-state index contributed by atoms with van der Waals surface area (Å²) in [4.78, 5) is 5.17. The number of nitrogens with one attached hydrogen (secondary N) is 2. The number of guanidine groups is 1. The first kappa shape index (κ1) is 16.8. The molecule has 0 bridgehead atoms. The van der Waals surface area contributed by atoms with E-state index in [1.54, 1.807) is 12.1 Å². The van der Waals surface area contributed by atoms with Crippen LogP contribution in [0.4, 0.5) is 4.39 Å². The molecule has 0 spiro atoms. The van der Waals surface area contributed by atoms with Crippen LogP contribution in [0.25, 0.3) is 0 Å². The van der Waals surface area contributed by atoms with Gasteiger partial charge in [0.1, 0.15) is 5.82 Å². The minimum atomic E-state index is -0.166. The molecule has 1 aromatic carbocycles. The van der Waals surface area contributed by atoms with Gasteiger partial charge in [0.25, 0.3) is 0 Å². The molecule has 112 valence electrons. The molecule has 0 amide bonds. The number of rotatable bonds is 5. The number of benzene rings is 1. The summed E-state index contributed by atoms with van der Waals surface area (Å²) < 4.78 is 13.4. The lowest BCUT2D eigenvalue weighted by Crippen LogP contribution is -2.47. The Hall–Kier alpha value is -1.23. The van der Waals surface area contributed by atoms with E-state index in [0.29, 0.717) is 11.4 Å². The molecule has 0 radical (unpaired) electrons. The van der Waals surface area contributed by atoms with Gasteiger partial charge in [-0.2, -0.15) is 0 Å². The monoisotopic (exact) mass is 297 g/mol. The molecule has 0 aliphatic heterocycles. The summed E-state index contributed by atoms with van der Waals surface area (Å²) in [6.07, 6.45) is 0. The lowest BCUT2D eigenvalue weighted by molar-refractivity contribution is 0.502. The standard InChI is InChI=1S/C15H24FN3S/c1-5-17-14(19-15(2,3)4)18-10-11-20-13-9-7-6-8-12(13)16/h6-9H,5,10-11H2,1-4H3,(H2,17,18,19). The number of halogens is 1. The maximum Gasteiger partial charge on any atom is 0.191 e. The molecule has 1 rings (SSSR count). The summed E-state index contributed by atoms with van der Waals surface area (Å²) in [7, 11) is 0. The largest absolute Gasteiger partial charge is 0.357 e. The fourth-order valence-corrected chi connectivity index (χ4v) is 2.32. The minimum absolute atomic E-state index is 0.0281. The predicted octanol–water partition coefficient (Wildman–Crippen LogP) is 3.27. The third kappa shape index (κ3) is 6.80. The molecule has 0 fully saturated rings. The second-order valence-electron chi connectivity index (χ2n) is 5.41. The second kappa shape index (κ2) is 8.15. The molecule has 0 aliphatic carbocycles. The smallest absolute Gasteiger partial charge is 0.191 e. The third-order valence-electron chi connectivity index (χ3n) is 2.29. The van der Waals surface area contributed by atoms with Crippen LogP contribution in [0.1, 0.15) is 27.7 Å². The first-order chi connectivity index (χ1) is 9.42. The van der Waals surface area contributed by atoms with Crippen molar-refractivity contribution in [2.75, 3.05) is 18.8 Å². The van der Waals surface area contributed by atoms with Gasteiger partial charge in [-0.25, -0.2) is 4.39 Å². The number of aliphatic imine (C=N–C) groups is 1. The average Bonchev–Trinajstić information content (AvgIpc) is 2.35. The Labute approximate surface area is 125 Å². The number of hydrogen-bond acceptors (Lipinski definition) is 2. The Bertz CT molecular complexity index is 441. The van der Waals surface area contributed by atoms with Crippen molar-refractivity contribution < 1.29 is 4.39 Å². The van der Waals surface area contributed by atoms with E-state index in [4.69, 9.17) is 0 Å². The maximum absolute atomic E-state index is 13.4. The Morgan fingerprint density at radius 3 is 2.60 bits per heavy atom. The van der Waals surface area contributed by atoms with Crippen molar-refractivity contribution in [1.29, 1.82) is 0 Å². The van der Waals surface area contributed by atoms with Crippen LogP contribution in [-0.4, -0.2) is 30.3 Å². The van der Waals surface area contributed by atoms with Crippen LogP contribution in [0.15, 0.2) is 34.2 Å². The van der Waals surface area contributed by atoms with Crippen molar-refractivity contribution in [3.05, 3.63) is 30.1 Å². The van der Waals surface area contributed by atoms with Crippen LogP contribution < -0.4 is 10.6 Å². The van der Waals surface area contributed by atoms with E-state index in [1.807, 2.05) is 13.0 Å². The van der Waals surface area contributed by atoms with Crippen LogP contribution in [-0.2, 0) is 0 Å². The Balaban J connectivity index is 2.46. The van der Waals surface area contributed by atoms with Crippen molar-refractivity contribution in [3.8, 4) is 0 Å².